The third kappa shape index (κ3) is 8.19. The van der Waals surface area contributed by atoms with Crippen molar-refractivity contribution < 1.29 is 26.9 Å². The molecule has 0 saturated carbocycles. The zero-order valence-electron chi connectivity index (χ0n) is 16.7. The summed E-state index contributed by atoms with van der Waals surface area (Å²) in [6.45, 7) is 0.0789. The molecule has 0 saturated heterocycles. The number of fused-ring (bicyclic) bond motifs is 1. The molecule has 8 heteroatoms. The highest BCUT2D eigenvalue weighted by atomic mass is 127. The van der Waals surface area contributed by atoms with Crippen molar-refractivity contribution >= 4 is 49.5 Å². The van der Waals surface area contributed by atoms with Crippen LogP contribution in [0.3, 0.4) is 0 Å². The molecule has 2 atom stereocenters. The first-order chi connectivity index (χ1) is 13.8. The molecule has 0 spiro atoms. The maximum atomic E-state index is 12.8. The van der Waals surface area contributed by atoms with Crippen molar-refractivity contribution in [2.75, 3.05) is 24.4 Å². The van der Waals surface area contributed by atoms with E-state index in [-0.39, 0.29) is 12.7 Å². The van der Waals surface area contributed by atoms with Crippen LogP contribution in [0, 0.1) is 0 Å². The van der Waals surface area contributed by atoms with Crippen LogP contribution in [0.1, 0.15) is 37.4 Å². The van der Waals surface area contributed by atoms with Gasteiger partial charge < -0.3 is 9.47 Å². The molecule has 6 nitrogen and oxygen atoms in total. The standard InChI is InChI=1S/C21H27IO6S/c1-26-20(18-12-11-16-7-3-4-8-17(16)15-18)21(23)28-19(9-5-13-22)10-6-14-27-29(2,24)25/h3-4,7-8,11-12,15,19-20H,5-6,9-10,13-14H2,1-2H3. The number of hydrogen-bond donors (Lipinski definition) is 0. The van der Waals surface area contributed by atoms with Crippen molar-refractivity contribution in [3.63, 3.8) is 0 Å². The molecule has 2 aromatic rings. The Kier molecular flexibility index (Phi) is 9.81. The molecule has 0 fully saturated rings. The van der Waals surface area contributed by atoms with Gasteiger partial charge in [-0.1, -0.05) is 59.0 Å². The topological polar surface area (TPSA) is 78.9 Å². The van der Waals surface area contributed by atoms with E-state index in [1.165, 1.54) is 7.11 Å². The van der Waals surface area contributed by atoms with Gasteiger partial charge in [0.25, 0.3) is 10.1 Å². The van der Waals surface area contributed by atoms with Gasteiger partial charge in [0.05, 0.1) is 12.9 Å². The zero-order valence-corrected chi connectivity index (χ0v) is 19.6. The van der Waals surface area contributed by atoms with Crippen LogP contribution in [0.4, 0.5) is 0 Å². The lowest BCUT2D eigenvalue weighted by Crippen LogP contribution is -2.25. The lowest BCUT2D eigenvalue weighted by atomic mass is 10.0. The van der Waals surface area contributed by atoms with E-state index in [4.69, 9.17) is 13.7 Å². The highest BCUT2D eigenvalue weighted by molar-refractivity contribution is 14.1. The van der Waals surface area contributed by atoms with Crippen LogP contribution in [0.5, 0.6) is 0 Å². The summed E-state index contributed by atoms with van der Waals surface area (Å²) in [4.78, 5) is 12.8. The second kappa shape index (κ2) is 11.8. The van der Waals surface area contributed by atoms with E-state index in [0.29, 0.717) is 19.3 Å². The minimum Gasteiger partial charge on any atom is -0.460 e. The summed E-state index contributed by atoms with van der Waals surface area (Å²) < 4.78 is 39.1. The Hall–Kier alpha value is -1.23. The quantitative estimate of drug-likeness (QED) is 0.132. The molecule has 0 bridgehead atoms. The van der Waals surface area contributed by atoms with Crippen molar-refractivity contribution in [2.45, 2.75) is 37.9 Å². The van der Waals surface area contributed by atoms with Crippen molar-refractivity contribution in [3.05, 3.63) is 48.0 Å². The van der Waals surface area contributed by atoms with Gasteiger partial charge in [-0.2, -0.15) is 8.42 Å². The Morgan fingerprint density at radius 1 is 1.07 bits per heavy atom. The maximum absolute atomic E-state index is 12.8. The van der Waals surface area contributed by atoms with Crippen LogP contribution in [0.2, 0.25) is 0 Å². The van der Waals surface area contributed by atoms with Gasteiger partial charge in [-0.25, -0.2) is 4.79 Å². The highest BCUT2D eigenvalue weighted by Crippen LogP contribution is 2.25. The number of methoxy groups -OCH3 is 1. The number of carbonyl (C=O) groups excluding carboxylic acids is 1. The van der Waals surface area contributed by atoms with Gasteiger partial charge in [-0.15, -0.1) is 0 Å². The number of hydrogen-bond acceptors (Lipinski definition) is 6. The number of benzene rings is 2. The van der Waals surface area contributed by atoms with E-state index in [0.717, 1.165) is 33.4 Å². The second-order valence-electron chi connectivity index (χ2n) is 6.78. The first kappa shape index (κ1) is 24.0. The molecule has 0 N–H and O–H groups in total. The Morgan fingerprint density at radius 3 is 2.41 bits per heavy atom. The SMILES string of the molecule is COC(C(=O)OC(CCCI)CCCOS(C)(=O)=O)c1ccc2ccccc2c1. The van der Waals surface area contributed by atoms with E-state index in [1.807, 2.05) is 42.5 Å². The molecular weight excluding hydrogens is 507 g/mol. The van der Waals surface area contributed by atoms with E-state index < -0.39 is 22.2 Å². The average Bonchev–Trinajstić information content (AvgIpc) is 2.69. The summed E-state index contributed by atoms with van der Waals surface area (Å²) in [5.74, 6) is -0.440. The van der Waals surface area contributed by atoms with Crippen molar-refractivity contribution in [1.82, 2.24) is 0 Å². The monoisotopic (exact) mass is 534 g/mol. The Balaban J connectivity index is 2.03. The third-order valence-electron chi connectivity index (χ3n) is 4.44. The molecular formula is C21H27IO6S. The van der Waals surface area contributed by atoms with Gasteiger partial charge in [0.1, 0.15) is 6.10 Å². The van der Waals surface area contributed by atoms with Crippen molar-refractivity contribution in [2.24, 2.45) is 0 Å². The van der Waals surface area contributed by atoms with Gasteiger partial charge in [-0.05, 0) is 52.5 Å². The summed E-state index contributed by atoms with van der Waals surface area (Å²) >= 11 is 2.28. The maximum Gasteiger partial charge on any atom is 0.340 e. The lowest BCUT2D eigenvalue weighted by molar-refractivity contribution is -0.162. The van der Waals surface area contributed by atoms with Crippen LogP contribution in [0.25, 0.3) is 10.8 Å². The van der Waals surface area contributed by atoms with Gasteiger partial charge in [-0.3, -0.25) is 4.18 Å². The number of halogens is 1. The molecule has 0 aliphatic rings. The first-order valence-electron chi connectivity index (χ1n) is 9.46. The molecule has 0 radical (unpaired) electrons. The number of carbonyl (C=O) groups is 1. The predicted molar refractivity (Wildman–Crippen MR) is 122 cm³/mol. The summed E-state index contributed by atoms with van der Waals surface area (Å²) in [5.41, 5.74) is 0.740. The summed E-state index contributed by atoms with van der Waals surface area (Å²) in [6.07, 6.45) is 2.53. The molecule has 29 heavy (non-hydrogen) atoms. The van der Waals surface area contributed by atoms with Crippen molar-refractivity contribution in [3.8, 4) is 0 Å². The van der Waals surface area contributed by atoms with E-state index >= 15 is 0 Å². The number of rotatable bonds is 12. The Bertz CT molecular complexity index is 899. The Labute approximate surface area is 186 Å². The highest BCUT2D eigenvalue weighted by Gasteiger charge is 2.25. The average molecular weight is 534 g/mol. The Morgan fingerprint density at radius 2 is 1.76 bits per heavy atom. The van der Waals surface area contributed by atoms with Crippen LogP contribution in [-0.2, 0) is 28.6 Å². The predicted octanol–water partition coefficient (Wildman–Crippen LogP) is 4.41. The van der Waals surface area contributed by atoms with E-state index in [9.17, 15) is 13.2 Å². The fourth-order valence-electron chi connectivity index (χ4n) is 3.05. The molecule has 2 unspecified atom stereocenters. The summed E-state index contributed by atoms with van der Waals surface area (Å²) in [6, 6.07) is 13.7. The first-order valence-corrected chi connectivity index (χ1v) is 12.8. The number of ether oxygens (including phenoxy) is 2. The molecule has 0 amide bonds. The fourth-order valence-corrected chi connectivity index (χ4v) is 3.91. The third-order valence-corrected chi connectivity index (χ3v) is 5.79. The van der Waals surface area contributed by atoms with Gasteiger partial charge in [0.15, 0.2) is 6.10 Å². The lowest BCUT2D eigenvalue weighted by Gasteiger charge is -2.21. The van der Waals surface area contributed by atoms with E-state index in [2.05, 4.69) is 22.6 Å². The van der Waals surface area contributed by atoms with Crippen LogP contribution >= 0.6 is 22.6 Å². The molecule has 160 valence electrons. The van der Waals surface area contributed by atoms with Crippen LogP contribution in [-0.4, -0.2) is 44.9 Å². The molecule has 2 rings (SSSR count). The number of esters is 1. The normalized spacial score (nSPS) is 13.9. The minimum absolute atomic E-state index is 0.0789. The largest absolute Gasteiger partial charge is 0.460 e. The van der Waals surface area contributed by atoms with E-state index in [1.54, 1.807) is 0 Å². The van der Waals surface area contributed by atoms with Crippen molar-refractivity contribution in [1.29, 1.82) is 0 Å². The molecule has 0 aromatic heterocycles. The van der Waals surface area contributed by atoms with Gasteiger partial charge in [0.2, 0.25) is 0 Å². The zero-order chi connectivity index (χ0) is 21.3. The molecule has 0 aliphatic carbocycles. The smallest absolute Gasteiger partial charge is 0.340 e. The van der Waals surface area contributed by atoms with Gasteiger partial charge >= 0.3 is 5.97 Å². The molecule has 2 aromatic carbocycles. The summed E-state index contributed by atoms with van der Waals surface area (Å²) in [7, 11) is -1.98. The fraction of sp³-hybridized carbons (Fsp3) is 0.476. The van der Waals surface area contributed by atoms with Gasteiger partial charge in [0, 0.05) is 7.11 Å². The van der Waals surface area contributed by atoms with Crippen LogP contribution in [0.15, 0.2) is 42.5 Å². The molecule has 0 aliphatic heterocycles. The van der Waals surface area contributed by atoms with Crippen LogP contribution < -0.4 is 0 Å². The minimum atomic E-state index is -3.46. The molecule has 0 heterocycles. The number of alkyl halides is 1. The summed E-state index contributed by atoms with van der Waals surface area (Å²) in [5, 5.41) is 2.12. The second-order valence-corrected chi connectivity index (χ2v) is 9.50.